The van der Waals surface area contributed by atoms with Gasteiger partial charge in [-0.25, -0.2) is 14.4 Å². The van der Waals surface area contributed by atoms with Gasteiger partial charge in [0.1, 0.15) is 41.2 Å². The predicted octanol–water partition coefficient (Wildman–Crippen LogP) is 2.38. The van der Waals surface area contributed by atoms with Crippen LogP contribution in [0.5, 0.6) is 0 Å². The van der Waals surface area contributed by atoms with E-state index in [4.69, 9.17) is 4.18 Å². The van der Waals surface area contributed by atoms with E-state index in [0.717, 1.165) is 29.5 Å². The van der Waals surface area contributed by atoms with Gasteiger partial charge < -0.3 is 10.2 Å². The van der Waals surface area contributed by atoms with Crippen LogP contribution in [0.3, 0.4) is 0 Å². The standard InChI is InChI=1S/C19H17F4N5O4S/c1-10-7-13(19(21,22)23)12(8-24)17(26-10)28-6-5-14(32-33(2,30)31)16(28)18(29)27-15-4-3-11(20)9-25-15/h3-4,7,9,14,16H,5-6H2,1-2H3,(H,25,27,29)/t14-,16-/m0/s1. The number of nitrogens with zero attached hydrogens (tertiary/aromatic N) is 4. The maximum atomic E-state index is 13.5. The van der Waals surface area contributed by atoms with Crippen molar-refractivity contribution in [1.29, 1.82) is 5.26 Å². The Bertz CT molecular complexity index is 1210. The highest BCUT2D eigenvalue weighted by molar-refractivity contribution is 7.86. The quantitative estimate of drug-likeness (QED) is 0.504. The van der Waals surface area contributed by atoms with E-state index < -0.39 is 57.1 Å². The van der Waals surface area contributed by atoms with E-state index in [1.165, 1.54) is 13.0 Å². The lowest BCUT2D eigenvalue weighted by Gasteiger charge is -2.29. The Hall–Kier alpha value is -3.31. The summed E-state index contributed by atoms with van der Waals surface area (Å²) in [6.07, 6.45) is -4.63. The Balaban J connectivity index is 2.08. The number of pyridine rings is 2. The number of anilines is 2. The Morgan fingerprint density at radius 1 is 1.36 bits per heavy atom. The van der Waals surface area contributed by atoms with E-state index in [0.29, 0.717) is 6.07 Å². The number of aryl methyl sites for hydroxylation is 1. The second-order valence-corrected chi connectivity index (χ2v) is 8.84. The van der Waals surface area contributed by atoms with Crippen LogP contribution in [0.1, 0.15) is 23.2 Å². The maximum Gasteiger partial charge on any atom is 0.417 e. The van der Waals surface area contributed by atoms with Crippen LogP contribution in [0, 0.1) is 24.1 Å². The molecule has 2 atom stereocenters. The highest BCUT2D eigenvalue weighted by Gasteiger charge is 2.45. The molecule has 2 aromatic heterocycles. The average Bonchev–Trinajstić information content (AvgIpc) is 3.10. The Morgan fingerprint density at radius 3 is 2.61 bits per heavy atom. The highest BCUT2D eigenvalue weighted by atomic mass is 32.2. The van der Waals surface area contributed by atoms with Gasteiger partial charge in [-0.1, -0.05) is 0 Å². The summed E-state index contributed by atoms with van der Waals surface area (Å²) in [6.45, 7) is 1.16. The molecule has 1 fully saturated rings. The summed E-state index contributed by atoms with van der Waals surface area (Å²) >= 11 is 0. The van der Waals surface area contributed by atoms with Crippen molar-refractivity contribution in [3.8, 4) is 6.07 Å². The van der Waals surface area contributed by atoms with Crippen molar-refractivity contribution < 1.29 is 35.0 Å². The number of alkyl halides is 3. The van der Waals surface area contributed by atoms with Gasteiger partial charge in [-0.15, -0.1) is 0 Å². The molecule has 0 bridgehead atoms. The van der Waals surface area contributed by atoms with Gasteiger partial charge in [0, 0.05) is 12.2 Å². The van der Waals surface area contributed by atoms with Gasteiger partial charge in [0.05, 0.1) is 18.0 Å². The van der Waals surface area contributed by atoms with Crippen LogP contribution in [0.4, 0.5) is 29.2 Å². The molecule has 2 aromatic rings. The molecule has 3 heterocycles. The summed E-state index contributed by atoms with van der Waals surface area (Å²) in [5.41, 5.74) is -2.12. The number of nitriles is 1. The molecule has 0 unspecified atom stereocenters. The first-order chi connectivity index (χ1) is 15.3. The fraction of sp³-hybridized carbons (Fsp3) is 0.368. The molecule has 3 rings (SSSR count). The molecule has 176 valence electrons. The first-order valence-corrected chi connectivity index (χ1v) is 11.2. The molecule has 1 aliphatic rings. The zero-order valence-corrected chi connectivity index (χ0v) is 18.0. The van der Waals surface area contributed by atoms with Crippen LogP contribution < -0.4 is 10.2 Å². The van der Waals surface area contributed by atoms with Gasteiger partial charge in [-0.2, -0.15) is 26.9 Å². The first kappa shape index (κ1) is 24.3. The normalized spacial score (nSPS) is 18.8. The third-order valence-corrected chi connectivity index (χ3v) is 5.30. The fourth-order valence-corrected chi connectivity index (χ4v) is 4.14. The summed E-state index contributed by atoms with van der Waals surface area (Å²) < 4.78 is 82.2. The number of amides is 1. The lowest BCUT2D eigenvalue weighted by atomic mass is 10.1. The minimum atomic E-state index is -4.87. The molecule has 0 saturated carbocycles. The third kappa shape index (κ3) is 5.55. The van der Waals surface area contributed by atoms with Crippen molar-refractivity contribution in [2.75, 3.05) is 23.0 Å². The minimum Gasteiger partial charge on any atom is -0.341 e. The summed E-state index contributed by atoms with van der Waals surface area (Å²) in [6, 6.07) is 2.88. The molecule has 1 N–H and O–H groups in total. The molecule has 14 heteroatoms. The van der Waals surface area contributed by atoms with Crippen LogP contribution in [-0.2, 0) is 25.3 Å². The van der Waals surface area contributed by atoms with Gasteiger partial charge in [0.25, 0.3) is 16.0 Å². The van der Waals surface area contributed by atoms with Crippen molar-refractivity contribution in [1.82, 2.24) is 9.97 Å². The van der Waals surface area contributed by atoms with Crippen molar-refractivity contribution in [2.24, 2.45) is 0 Å². The number of carbonyl (C=O) groups excluding carboxylic acids is 1. The van der Waals surface area contributed by atoms with Crippen molar-refractivity contribution in [3.05, 3.63) is 47.0 Å². The number of aromatic nitrogens is 2. The topological polar surface area (TPSA) is 125 Å². The fourth-order valence-electron chi connectivity index (χ4n) is 3.49. The average molecular weight is 487 g/mol. The monoisotopic (exact) mass is 487 g/mol. The Kier molecular flexibility index (Phi) is 6.57. The number of hydrogen-bond acceptors (Lipinski definition) is 8. The molecule has 0 aromatic carbocycles. The molecular weight excluding hydrogens is 470 g/mol. The second kappa shape index (κ2) is 8.91. The minimum absolute atomic E-state index is 0.0656. The van der Waals surface area contributed by atoms with Crippen LogP contribution in [0.25, 0.3) is 0 Å². The van der Waals surface area contributed by atoms with E-state index in [9.17, 15) is 36.0 Å². The van der Waals surface area contributed by atoms with Gasteiger partial charge in [-0.05, 0) is 31.5 Å². The zero-order chi connectivity index (χ0) is 24.6. The first-order valence-electron chi connectivity index (χ1n) is 9.36. The summed E-state index contributed by atoms with van der Waals surface area (Å²) in [4.78, 5) is 21.9. The molecule has 0 radical (unpaired) electrons. The van der Waals surface area contributed by atoms with E-state index in [1.807, 2.05) is 0 Å². The van der Waals surface area contributed by atoms with Crippen molar-refractivity contribution in [2.45, 2.75) is 31.7 Å². The molecule has 1 amide bonds. The molecule has 33 heavy (non-hydrogen) atoms. The number of carbonyl (C=O) groups is 1. The lowest BCUT2D eigenvalue weighted by molar-refractivity contribution is -0.137. The summed E-state index contributed by atoms with van der Waals surface area (Å²) in [7, 11) is -4.05. The number of rotatable bonds is 5. The molecule has 1 saturated heterocycles. The molecule has 1 aliphatic heterocycles. The maximum absolute atomic E-state index is 13.5. The van der Waals surface area contributed by atoms with Crippen LogP contribution >= 0.6 is 0 Å². The predicted molar refractivity (Wildman–Crippen MR) is 107 cm³/mol. The van der Waals surface area contributed by atoms with Gasteiger partial charge >= 0.3 is 6.18 Å². The Morgan fingerprint density at radius 2 is 2.06 bits per heavy atom. The summed E-state index contributed by atoms with van der Waals surface area (Å²) in [5.74, 6) is -2.08. The van der Waals surface area contributed by atoms with Gasteiger partial charge in [0.15, 0.2) is 0 Å². The van der Waals surface area contributed by atoms with Crippen LogP contribution in [0.2, 0.25) is 0 Å². The number of nitrogens with one attached hydrogen (secondary N) is 1. The van der Waals surface area contributed by atoms with Crippen molar-refractivity contribution >= 4 is 27.7 Å². The third-order valence-electron chi connectivity index (χ3n) is 4.71. The smallest absolute Gasteiger partial charge is 0.341 e. The molecule has 0 spiro atoms. The second-order valence-electron chi connectivity index (χ2n) is 7.24. The van der Waals surface area contributed by atoms with Gasteiger partial charge in [-0.3, -0.25) is 8.98 Å². The lowest BCUT2D eigenvalue weighted by Crippen LogP contribution is -2.47. The van der Waals surface area contributed by atoms with E-state index in [2.05, 4.69) is 15.3 Å². The molecular formula is C19H17F4N5O4S. The largest absolute Gasteiger partial charge is 0.417 e. The SMILES string of the molecule is Cc1cc(C(F)(F)F)c(C#N)c(N2CC[C@H](OS(C)(=O)=O)[C@H]2C(=O)Nc2ccc(F)cn2)n1. The van der Waals surface area contributed by atoms with Crippen LogP contribution in [0.15, 0.2) is 24.4 Å². The number of hydrogen-bond donors (Lipinski definition) is 1. The van der Waals surface area contributed by atoms with E-state index in [1.54, 1.807) is 0 Å². The van der Waals surface area contributed by atoms with E-state index >= 15 is 0 Å². The molecule has 0 aliphatic carbocycles. The summed E-state index contributed by atoms with van der Waals surface area (Å²) in [5, 5.41) is 11.8. The van der Waals surface area contributed by atoms with Gasteiger partial charge in [0.2, 0.25) is 0 Å². The Labute approximate surface area is 186 Å². The molecule has 9 nitrogen and oxygen atoms in total. The highest BCUT2D eigenvalue weighted by Crippen LogP contribution is 2.38. The van der Waals surface area contributed by atoms with E-state index in [-0.39, 0.29) is 24.5 Å². The van der Waals surface area contributed by atoms with Crippen LogP contribution in [-0.4, -0.2) is 49.2 Å². The number of halogens is 4. The van der Waals surface area contributed by atoms with Crippen molar-refractivity contribution in [3.63, 3.8) is 0 Å². The zero-order valence-electron chi connectivity index (χ0n) is 17.2.